The van der Waals surface area contributed by atoms with Crippen molar-refractivity contribution in [2.45, 2.75) is 39.5 Å². The van der Waals surface area contributed by atoms with Crippen LogP contribution in [-0.2, 0) is 22.4 Å². The summed E-state index contributed by atoms with van der Waals surface area (Å²) < 4.78 is 0. The van der Waals surface area contributed by atoms with E-state index in [9.17, 15) is 14.4 Å². The third-order valence-electron chi connectivity index (χ3n) is 5.53. The minimum atomic E-state index is -0.0263. The SMILES string of the molecule is CC(C)Cc1ccc(C(=O)CCC(=O)N2CCN(C(=O)Cc3ccccn3)CC2)cc1. The molecule has 0 radical (unpaired) electrons. The molecule has 0 unspecified atom stereocenters. The van der Waals surface area contributed by atoms with Crippen molar-refractivity contribution < 1.29 is 14.4 Å². The number of carbonyl (C=O) groups excluding carboxylic acids is 3. The summed E-state index contributed by atoms with van der Waals surface area (Å²) in [5.41, 5.74) is 2.63. The fraction of sp³-hybridized carbons (Fsp3) is 0.440. The maximum absolute atomic E-state index is 12.5. The van der Waals surface area contributed by atoms with Crippen LogP contribution in [0.15, 0.2) is 48.7 Å². The van der Waals surface area contributed by atoms with Gasteiger partial charge in [0, 0.05) is 56.5 Å². The van der Waals surface area contributed by atoms with Crippen LogP contribution in [0.4, 0.5) is 0 Å². The van der Waals surface area contributed by atoms with Gasteiger partial charge in [0.25, 0.3) is 0 Å². The van der Waals surface area contributed by atoms with Crippen molar-refractivity contribution in [2.75, 3.05) is 26.2 Å². The lowest BCUT2D eigenvalue weighted by molar-refractivity contribution is -0.139. The Morgan fingerprint density at radius 3 is 2.10 bits per heavy atom. The molecule has 1 fully saturated rings. The Hall–Kier alpha value is -3.02. The smallest absolute Gasteiger partial charge is 0.228 e. The van der Waals surface area contributed by atoms with Gasteiger partial charge in [-0.3, -0.25) is 19.4 Å². The zero-order valence-electron chi connectivity index (χ0n) is 18.4. The van der Waals surface area contributed by atoms with Gasteiger partial charge < -0.3 is 9.80 Å². The molecule has 6 nitrogen and oxygen atoms in total. The van der Waals surface area contributed by atoms with E-state index < -0.39 is 0 Å². The largest absolute Gasteiger partial charge is 0.339 e. The maximum Gasteiger partial charge on any atom is 0.228 e. The molecule has 6 heteroatoms. The van der Waals surface area contributed by atoms with Crippen LogP contribution in [-0.4, -0.2) is 58.6 Å². The Morgan fingerprint density at radius 1 is 0.871 bits per heavy atom. The van der Waals surface area contributed by atoms with E-state index in [1.807, 2.05) is 42.5 Å². The second-order valence-corrected chi connectivity index (χ2v) is 8.48. The monoisotopic (exact) mass is 421 g/mol. The standard InChI is InChI=1S/C25H31N3O3/c1-19(2)17-20-6-8-21(9-7-20)23(29)10-11-24(30)27-13-15-28(16-14-27)25(31)18-22-5-3-4-12-26-22/h3-9,12,19H,10-11,13-18H2,1-2H3. The summed E-state index contributed by atoms with van der Waals surface area (Å²) in [6, 6.07) is 13.2. The number of nitrogens with zero attached hydrogens (tertiary/aromatic N) is 3. The van der Waals surface area contributed by atoms with Gasteiger partial charge in [0.15, 0.2) is 5.78 Å². The van der Waals surface area contributed by atoms with Crippen LogP contribution in [0.3, 0.4) is 0 Å². The van der Waals surface area contributed by atoms with Gasteiger partial charge in [0.05, 0.1) is 6.42 Å². The van der Waals surface area contributed by atoms with E-state index in [-0.39, 0.29) is 36.9 Å². The van der Waals surface area contributed by atoms with Crippen LogP contribution in [0.25, 0.3) is 0 Å². The van der Waals surface area contributed by atoms with E-state index in [0.717, 1.165) is 12.1 Å². The highest BCUT2D eigenvalue weighted by atomic mass is 16.2. The first kappa shape index (κ1) is 22.7. The summed E-state index contributed by atoms with van der Waals surface area (Å²) in [6.07, 6.45) is 3.36. The van der Waals surface area contributed by atoms with E-state index in [2.05, 4.69) is 18.8 Å². The molecular formula is C25H31N3O3. The molecule has 1 aromatic carbocycles. The van der Waals surface area contributed by atoms with Crippen molar-refractivity contribution in [1.29, 1.82) is 0 Å². The Bertz CT molecular complexity index is 886. The normalized spacial score (nSPS) is 14.0. The molecule has 0 atom stereocenters. The molecule has 2 amide bonds. The highest BCUT2D eigenvalue weighted by Gasteiger charge is 2.24. The Labute approximate surface area is 184 Å². The molecular weight excluding hydrogens is 390 g/mol. The molecule has 3 rings (SSSR count). The number of hydrogen-bond donors (Lipinski definition) is 0. The van der Waals surface area contributed by atoms with Crippen molar-refractivity contribution in [1.82, 2.24) is 14.8 Å². The first-order valence-corrected chi connectivity index (χ1v) is 11.0. The molecule has 0 spiro atoms. The van der Waals surface area contributed by atoms with Crippen molar-refractivity contribution >= 4 is 17.6 Å². The number of ketones is 1. The molecule has 0 N–H and O–H groups in total. The number of aromatic nitrogens is 1. The summed E-state index contributed by atoms with van der Waals surface area (Å²) in [7, 11) is 0. The number of piperazine rings is 1. The lowest BCUT2D eigenvalue weighted by Crippen LogP contribution is -2.51. The first-order valence-electron chi connectivity index (χ1n) is 11.0. The number of pyridine rings is 1. The number of Topliss-reactive ketones (excluding diaryl/α,β-unsaturated/α-hetero) is 1. The highest BCUT2D eigenvalue weighted by Crippen LogP contribution is 2.13. The van der Waals surface area contributed by atoms with Crippen molar-refractivity contribution in [3.63, 3.8) is 0 Å². The van der Waals surface area contributed by atoms with Crippen molar-refractivity contribution in [3.05, 3.63) is 65.5 Å². The van der Waals surface area contributed by atoms with Crippen LogP contribution < -0.4 is 0 Å². The lowest BCUT2D eigenvalue weighted by atomic mass is 9.99. The Kier molecular flexibility index (Phi) is 7.93. The van der Waals surface area contributed by atoms with E-state index in [1.54, 1.807) is 16.0 Å². The van der Waals surface area contributed by atoms with Gasteiger partial charge in [-0.1, -0.05) is 44.2 Å². The van der Waals surface area contributed by atoms with Gasteiger partial charge in [-0.05, 0) is 30.0 Å². The highest BCUT2D eigenvalue weighted by molar-refractivity contribution is 5.98. The zero-order chi connectivity index (χ0) is 22.2. The van der Waals surface area contributed by atoms with Gasteiger partial charge in [0.2, 0.25) is 11.8 Å². The van der Waals surface area contributed by atoms with Gasteiger partial charge in [-0.15, -0.1) is 0 Å². The Morgan fingerprint density at radius 2 is 1.52 bits per heavy atom. The van der Waals surface area contributed by atoms with E-state index in [1.165, 1.54) is 5.56 Å². The molecule has 0 saturated carbocycles. The molecule has 1 aliphatic heterocycles. The molecule has 2 heterocycles. The Balaban J connectivity index is 1.41. The number of benzene rings is 1. The first-order chi connectivity index (χ1) is 14.9. The molecule has 1 aliphatic rings. The van der Waals surface area contributed by atoms with E-state index in [4.69, 9.17) is 0 Å². The molecule has 2 aromatic rings. The second-order valence-electron chi connectivity index (χ2n) is 8.48. The zero-order valence-corrected chi connectivity index (χ0v) is 18.4. The summed E-state index contributed by atoms with van der Waals surface area (Å²) in [5, 5.41) is 0. The average Bonchev–Trinajstić information content (AvgIpc) is 2.78. The molecule has 164 valence electrons. The summed E-state index contributed by atoms with van der Waals surface area (Å²) >= 11 is 0. The quantitative estimate of drug-likeness (QED) is 0.614. The second kappa shape index (κ2) is 10.8. The van der Waals surface area contributed by atoms with Crippen LogP contribution >= 0.6 is 0 Å². The van der Waals surface area contributed by atoms with Crippen LogP contribution in [0, 0.1) is 5.92 Å². The average molecular weight is 422 g/mol. The molecule has 31 heavy (non-hydrogen) atoms. The molecule has 0 bridgehead atoms. The minimum absolute atomic E-state index is 0.00591. The van der Waals surface area contributed by atoms with Gasteiger partial charge >= 0.3 is 0 Å². The fourth-order valence-electron chi connectivity index (χ4n) is 3.80. The predicted molar refractivity (Wildman–Crippen MR) is 120 cm³/mol. The number of rotatable bonds is 8. The molecule has 0 aliphatic carbocycles. The summed E-state index contributed by atoms with van der Waals surface area (Å²) in [4.78, 5) is 45.2. The third-order valence-corrected chi connectivity index (χ3v) is 5.53. The predicted octanol–water partition coefficient (Wildman–Crippen LogP) is 3.16. The molecule has 1 saturated heterocycles. The van der Waals surface area contributed by atoms with Crippen LogP contribution in [0.1, 0.15) is 48.3 Å². The van der Waals surface area contributed by atoms with Gasteiger partial charge in [0.1, 0.15) is 0 Å². The van der Waals surface area contributed by atoms with Gasteiger partial charge in [-0.25, -0.2) is 0 Å². The lowest BCUT2D eigenvalue weighted by Gasteiger charge is -2.34. The van der Waals surface area contributed by atoms with Crippen LogP contribution in [0.5, 0.6) is 0 Å². The molecule has 1 aromatic heterocycles. The van der Waals surface area contributed by atoms with Crippen LogP contribution in [0.2, 0.25) is 0 Å². The fourth-order valence-corrected chi connectivity index (χ4v) is 3.80. The minimum Gasteiger partial charge on any atom is -0.339 e. The van der Waals surface area contributed by atoms with Crippen molar-refractivity contribution in [3.8, 4) is 0 Å². The third kappa shape index (κ3) is 6.74. The summed E-state index contributed by atoms with van der Waals surface area (Å²) in [5.74, 6) is 0.571. The number of hydrogen-bond acceptors (Lipinski definition) is 4. The topological polar surface area (TPSA) is 70.6 Å². The van der Waals surface area contributed by atoms with Gasteiger partial charge in [-0.2, -0.15) is 0 Å². The van der Waals surface area contributed by atoms with E-state index >= 15 is 0 Å². The van der Waals surface area contributed by atoms with Crippen molar-refractivity contribution in [2.24, 2.45) is 5.92 Å². The maximum atomic E-state index is 12.5. The number of amides is 2. The summed E-state index contributed by atoms with van der Waals surface area (Å²) in [6.45, 7) is 6.38. The number of carbonyl (C=O) groups is 3. The van der Waals surface area contributed by atoms with E-state index in [0.29, 0.717) is 37.7 Å².